The van der Waals surface area contributed by atoms with Crippen molar-refractivity contribution in [3.8, 4) is 5.75 Å². The summed E-state index contributed by atoms with van der Waals surface area (Å²) in [4.78, 5) is 13.3. The Hall–Kier alpha value is -2.92. The molecule has 4 rings (SSSR count). The Balaban J connectivity index is 1.76. The van der Waals surface area contributed by atoms with Gasteiger partial charge < -0.3 is 4.74 Å². The van der Waals surface area contributed by atoms with Gasteiger partial charge in [-0.05, 0) is 51.3 Å². The molecule has 1 heterocycles. The monoisotopic (exact) mass is 434 g/mol. The summed E-state index contributed by atoms with van der Waals surface area (Å²) in [6.07, 6.45) is 0.646. The molecule has 5 heteroatoms. The molecule has 1 aliphatic rings. The van der Waals surface area contributed by atoms with Crippen LogP contribution in [0.1, 0.15) is 33.9 Å². The minimum Gasteiger partial charge on any atom is -0.497 e. The van der Waals surface area contributed by atoms with Gasteiger partial charge in [0.25, 0.3) is 5.91 Å². The molecule has 0 fully saturated rings. The van der Waals surface area contributed by atoms with E-state index < -0.39 is 0 Å². The number of nitrogens with zero attached hydrogens (tertiary/aromatic N) is 2. The Kier molecular flexibility index (Phi) is 5.26. The van der Waals surface area contributed by atoms with E-state index in [2.05, 4.69) is 15.9 Å². The second kappa shape index (κ2) is 7.98. The zero-order chi connectivity index (χ0) is 19.5. The first kappa shape index (κ1) is 18.4. The molecule has 0 saturated carbocycles. The van der Waals surface area contributed by atoms with Crippen molar-refractivity contribution in [1.82, 2.24) is 5.01 Å². The molecule has 3 aromatic rings. The molecule has 1 unspecified atom stereocenters. The summed E-state index contributed by atoms with van der Waals surface area (Å²) in [5, 5.41) is 6.32. The fraction of sp³-hybridized carbons (Fsp3) is 0.130. The van der Waals surface area contributed by atoms with Crippen molar-refractivity contribution in [1.29, 1.82) is 0 Å². The molecule has 1 amide bonds. The van der Waals surface area contributed by atoms with Gasteiger partial charge in [0.15, 0.2) is 0 Å². The third-order valence-corrected chi connectivity index (χ3v) is 5.50. The van der Waals surface area contributed by atoms with Crippen molar-refractivity contribution in [3.63, 3.8) is 0 Å². The minimum absolute atomic E-state index is 0.133. The van der Waals surface area contributed by atoms with E-state index in [0.29, 0.717) is 12.0 Å². The Morgan fingerprint density at radius 1 is 1.04 bits per heavy atom. The number of hydrogen-bond donors (Lipinski definition) is 0. The molecule has 4 nitrogen and oxygen atoms in total. The normalized spacial score (nSPS) is 16.0. The maximum Gasteiger partial charge on any atom is 0.275 e. The highest BCUT2D eigenvalue weighted by Gasteiger charge is 2.34. The minimum atomic E-state index is -0.190. The fourth-order valence-corrected chi connectivity index (χ4v) is 3.82. The van der Waals surface area contributed by atoms with Crippen LogP contribution in [0, 0.1) is 0 Å². The molecular formula is C23H19BrN2O2. The van der Waals surface area contributed by atoms with Crippen LogP contribution < -0.4 is 4.74 Å². The highest BCUT2D eigenvalue weighted by molar-refractivity contribution is 9.10. The zero-order valence-corrected chi connectivity index (χ0v) is 17.0. The standard InChI is InChI=1S/C23H19BrN2O2/c1-28-18-11-7-10-17(14-18)22-15-21(16-8-3-2-4-9-16)25-26(22)23(27)19-12-5-6-13-20(19)24/h2-14,22H,15H2,1H3. The molecule has 3 aromatic carbocycles. The number of amides is 1. The van der Waals surface area contributed by atoms with Crippen molar-refractivity contribution in [2.45, 2.75) is 12.5 Å². The molecule has 0 aliphatic carbocycles. The summed E-state index contributed by atoms with van der Waals surface area (Å²) in [5.74, 6) is 0.630. The van der Waals surface area contributed by atoms with Gasteiger partial charge in [-0.2, -0.15) is 5.10 Å². The Morgan fingerprint density at radius 2 is 1.79 bits per heavy atom. The van der Waals surface area contributed by atoms with Crippen molar-refractivity contribution < 1.29 is 9.53 Å². The molecule has 0 N–H and O–H groups in total. The van der Waals surface area contributed by atoms with E-state index >= 15 is 0 Å². The largest absolute Gasteiger partial charge is 0.497 e. The van der Waals surface area contributed by atoms with Gasteiger partial charge in [0.1, 0.15) is 5.75 Å². The van der Waals surface area contributed by atoms with Gasteiger partial charge in [-0.15, -0.1) is 0 Å². The van der Waals surface area contributed by atoms with Gasteiger partial charge in [0.05, 0.1) is 24.4 Å². The summed E-state index contributed by atoms with van der Waals surface area (Å²) in [6.45, 7) is 0. The summed E-state index contributed by atoms with van der Waals surface area (Å²) in [7, 11) is 1.64. The second-order valence-electron chi connectivity index (χ2n) is 6.54. The second-order valence-corrected chi connectivity index (χ2v) is 7.39. The Labute approximate surface area is 172 Å². The van der Waals surface area contributed by atoms with Gasteiger partial charge in [-0.3, -0.25) is 4.79 Å². The van der Waals surface area contributed by atoms with Gasteiger partial charge in [0.2, 0.25) is 0 Å². The van der Waals surface area contributed by atoms with E-state index in [0.717, 1.165) is 27.1 Å². The van der Waals surface area contributed by atoms with E-state index in [1.165, 1.54) is 0 Å². The molecular weight excluding hydrogens is 416 g/mol. The molecule has 1 aliphatic heterocycles. The van der Waals surface area contributed by atoms with Crippen LogP contribution in [-0.4, -0.2) is 23.7 Å². The van der Waals surface area contributed by atoms with E-state index in [1.54, 1.807) is 12.1 Å². The van der Waals surface area contributed by atoms with E-state index in [-0.39, 0.29) is 11.9 Å². The number of hydrogen-bond acceptors (Lipinski definition) is 3. The first-order valence-electron chi connectivity index (χ1n) is 9.02. The van der Waals surface area contributed by atoms with Crippen LogP contribution in [-0.2, 0) is 0 Å². The lowest BCUT2D eigenvalue weighted by molar-refractivity contribution is 0.0710. The van der Waals surface area contributed by atoms with Crippen molar-refractivity contribution in [2.24, 2.45) is 5.10 Å². The number of halogens is 1. The average molecular weight is 435 g/mol. The summed E-state index contributed by atoms with van der Waals surface area (Å²) < 4.78 is 6.13. The van der Waals surface area contributed by atoms with Crippen molar-refractivity contribution >= 4 is 27.5 Å². The molecule has 0 spiro atoms. The SMILES string of the molecule is COc1cccc(C2CC(c3ccccc3)=NN2C(=O)c2ccccc2Br)c1. The number of hydrazone groups is 1. The van der Waals surface area contributed by atoms with Crippen LogP contribution in [0.5, 0.6) is 5.75 Å². The molecule has 1 atom stereocenters. The number of methoxy groups -OCH3 is 1. The number of ether oxygens (including phenoxy) is 1. The third kappa shape index (κ3) is 3.58. The number of benzene rings is 3. The van der Waals surface area contributed by atoms with Gasteiger partial charge in [0, 0.05) is 10.9 Å². The van der Waals surface area contributed by atoms with Crippen LogP contribution >= 0.6 is 15.9 Å². The summed E-state index contributed by atoms with van der Waals surface area (Å²) >= 11 is 3.49. The van der Waals surface area contributed by atoms with E-state index in [9.17, 15) is 4.79 Å². The highest BCUT2D eigenvalue weighted by atomic mass is 79.9. The lowest BCUT2D eigenvalue weighted by Gasteiger charge is -2.23. The zero-order valence-electron chi connectivity index (χ0n) is 15.4. The van der Waals surface area contributed by atoms with Gasteiger partial charge >= 0.3 is 0 Å². The predicted octanol–water partition coefficient (Wildman–Crippen LogP) is 5.45. The van der Waals surface area contributed by atoms with E-state index in [4.69, 9.17) is 9.84 Å². The van der Waals surface area contributed by atoms with Gasteiger partial charge in [-0.1, -0.05) is 54.6 Å². The maximum absolute atomic E-state index is 13.3. The fourth-order valence-electron chi connectivity index (χ4n) is 3.37. The van der Waals surface area contributed by atoms with Crippen LogP contribution in [0.4, 0.5) is 0 Å². The molecule has 140 valence electrons. The van der Waals surface area contributed by atoms with Crippen LogP contribution in [0.2, 0.25) is 0 Å². The first-order valence-corrected chi connectivity index (χ1v) is 9.81. The predicted molar refractivity (Wildman–Crippen MR) is 114 cm³/mol. The van der Waals surface area contributed by atoms with Crippen LogP contribution in [0.3, 0.4) is 0 Å². The first-order chi connectivity index (χ1) is 13.7. The van der Waals surface area contributed by atoms with Crippen LogP contribution in [0.15, 0.2) is 88.4 Å². The van der Waals surface area contributed by atoms with E-state index in [1.807, 2.05) is 78.9 Å². The summed E-state index contributed by atoms with van der Waals surface area (Å²) in [6, 6.07) is 25.0. The average Bonchev–Trinajstić information content (AvgIpc) is 3.20. The quantitative estimate of drug-likeness (QED) is 0.547. The lowest BCUT2D eigenvalue weighted by atomic mass is 9.98. The van der Waals surface area contributed by atoms with Gasteiger partial charge in [-0.25, -0.2) is 5.01 Å². The number of carbonyl (C=O) groups excluding carboxylic acids is 1. The topological polar surface area (TPSA) is 41.9 Å². The highest BCUT2D eigenvalue weighted by Crippen LogP contribution is 2.36. The summed E-state index contributed by atoms with van der Waals surface area (Å²) in [5.41, 5.74) is 3.51. The maximum atomic E-state index is 13.3. The molecule has 28 heavy (non-hydrogen) atoms. The van der Waals surface area contributed by atoms with Crippen molar-refractivity contribution in [3.05, 3.63) is 100 Å². The molecule has 0 saturated heterocycles. The molecule has 0 aromatic heterocycles. The molecule has 0 bridgehead atoms. The van der Waals surface area contributed by atoms with Crippen molar-refractivity contribution in [2.75, 3.05) is 7.11 Å². The Bertz CT molecular complexity index is 1030. The molecule has 0 radical (unpaired) electrons. The number of rotatable bonds is 4. The third-order valence-electron chi connectivity index (χ3n) is 4.81. The van der Waals surface area contributed by atoms with Crippen LogP contribution in [0.25, 0.3) is 0 Å². The smallest absolute Gasteiger partial charge is 0.275 e. The Morgan fingerprint density at radius 3 is 2.54 bits per heavy atom. The lowest BCUT2D eigenvalue weighted by Crippen LogP contribution is -2.27. The number of carbonyl (C=O) groups is 1.